The molecular formula is C25H19ClN4O2. The van der Waals surface area contributed by atoms with E-state index in [9.17, 15) is 0 Å². The second-order valence-electron chi connectivity index (χ2n) is 7.71. The molecule has 6 nitrogen and oxygen atoms in total. The standard InChI is InChI=1S/C25H19ClN4O2/c1-31-18-10-7-15(8-11-18)23-21-22(29-25-27-14-28-30(23)25)19-13-17(26)9-12-20(19)32-24(21)16-5-3-2-4-6-16/h2-14,23-24H,1H3,(H,27,28,29)/t23-,24-/m0/s1. The molecule has 3 heterocycles. The normalized spacial score (nSPS) is 18.7. The van der Waals surface area contributed by atoms with Gasteiger partial charge < -0.3 is 14.8 Å². The molecule has 1 aromatic heterocycles. The van der Waals surface area contributed by atoms with Crippen molar-refractivity contribution in [3.05, 3.63) is 106 Å². The van der Waals surface area contributed by atoms with Crippen LogP contribution >= 0.6 is 11.6 Å². The Hall–Kier alpha value is -3.77. The van der Waals surface area contributed by atoms with Crippen molar-refractivity contribution in [2.45, 2.75) is 12.1 Å². The van der Waals surface area contributed by atoms with Gasteiger partial charge in [0.05, 0.1) is 12.8 Å². The number of nitrogens with zero attached hydrogens (tertiary/aromatic N) is 3. The summed E-state index contributed by atoms with van der Waals surface area (Å²) in [5.41, 5.74) is 5.02. The van der Waals surface area contributed by atoms with E-state index in [1.807, 2.05) is 53.2 Å². The van der Waals surface area contributed by atoms with Crippen LogP contribution in [0.4, 0.5) is 5.95 Å². The topological polar surface area (TPSA) is 61.2 Å². The van der Waals surface area contributed by atoms with Gasteiger partial charge in [0.2, 0.25) is 5.95 Å². The van der Waals surface area contributed by atoms with E-state index in [4.69, 9.17) is 21.1 Å². The molecule has 2 aliphatic rings. The van der Waals surface area contributed by atoms with Crippen molar-refractivity contribution in [3.8, 4) is 11.5 Å². The van der Waals surface area contributed by atoms with Crippen LogP contribution < -0.4 is 14.8 Å². The minimum Gasteiger partial charge on any atom is -0.497 e. The molecule has 158 valence electrons. The summed E-state index contributed by atoms with van der Waals surface area (Å²) in [6.45, 7) is 0. The fraction of sp³-hybridized carbons (Fsp3) is 0.120. The summed E-state index contributed by atoms with van der Waals surface area (Å²) in [6.07, 6.45) is 1.26. The minimum atomic E-state index is -0.308. The fourth-order valence-electron chi connectivity index (χ4n) is 4.45. The molecule has 3 aromatic carbocycles. The zero-order chi connectivity index (χ0) is 21.7. The smallest absolute Gasteiger partial charge is 0.226 e. The second kappa shape index (κ2) is 7.43. The van der Waals surface area contributed by atoms with E-state index in [1.165, 1.54) is 0 Å². The fourth-order valence-corrected chi connectivity index (χ4v) is 4.62. The first-order valence-electron chi connectivity index (χ1n) is 10.3. The lowest BCUT2D eigenvalue weighted by molar-refractivity contribution is 0.223. The van der Waals surface area contributed by atoms with Gasteiger partial charge in [-0.3, -0.25) is 0 Å². The number of fused-ring (bicyclic) bond motifs is 3. The highest BCUT2D eigenvalue weighted by Crippen LogP contribution is 2.51. The number of aromatic nitrogens is 3. The summed E-state index contributed by atoms with van der Waals surface area (Å²) < 4.78 is 13.9. The Bertz CT molecular complexity index is 1330. The minimum absolute atomic E-state index is 0.216. The number of nitrogens with one attached hydrogen (secondary N) is 1. The Morgan fingerprint density at radius 2 is 1.81 bits per heavy atom. The highest BCUT2D eigenvalue weighted by atomic mass is 35.5. The third-order valence-electron chi connectivity index (χ3n) is 5.91. The quantitative estimate of drug-likeness (QED) is 0.454. The van der Waals surface area contributed by atoms with E-state index >= 15 is 0 Å². The Morgan fingerprint density at radius 3 is 2.59 bits per heavy atom. The van der Waals surface area contributed by atoms with Crippen molar-refractivity contribution in [2.24, 2.45) is 0 Å². The van der Waals surface area contributed by atoms with Crippen LogP contribution in [0.2, 0.25) is 5.02 Å². The molecule has 0 fully saturated rings. The third-order valence-corrected chi connectivity index (χ3v) is 6.14. The average Bonchev–Trinajstić information content (AvgIpc) is 3.31. The van der Waals surface area contributed by atoms with Crippen molar-refractivity contribution in [3.63, 3.8) is 0 Å². The van der Waals surface area contributed by atoms with Gasteiger partial charge in [0, 0.05) is 16.2 Å². The Labute approximate surface area is 190 Å². The summed E-state index contributed by atoms with van der Waals surface area (Å²) in [5, 5.41) is 8.68. The second-order valence-corrected chi connectivity index (χ2v) is 8.14. The van der Waals surface area contributed by atoms with E-state index in [2.05, 4.69) is 39.7 Å². The average molecular weight is 443 g/mol. The molecule has 6 rings (SSSR count). The molecule has 4 aromatic rings. The van der Waals surface area contributed by atoms with Crippen LogP contribution in [0.3, 0.4) is 0 Å². The maximum atomic E-state index is 6.59. The number of hydrogen-bond donors (Lipinski definition) is 1. The van der Waals surface area contributed by atoms with Crippen LogP contribution in [0.1, 0.15) is 28.8 Å². The van der Waals surface area contributed by atoms with Gasteiger partial charge in [0.15, 0.2) is 0 Å². The lowest BCUT2D eigenvalue weighted by Gasteiger charge is -2.39. The SMILES string of the molecule is COc1ccc([C@H]2C3=C(Nc4ncnn42)c2cc(Cl)ccc2O[C@H]3c2ccccc2)cc1. The molecule has 2 aliphatic heterocycles. The first-order valence-corrected chi connectivity index (χ1v) is 10.7. The maximum absolute atomic E-state index is 6.59. The molecule has 0 radical (unpaired) electrons. The van der Waals surface area contributed by atoms with E-state index in [-0.39, 0.29) is 12.1 Å². The van der Waals surface area contributed by atoms with Gasteiger partial charge in [-0.15, -0.1) is 0 Å². The molecule has 0 amide bonds. The number of halogens is 1. The Morgan fingerprint density at radius 1 is 1.00 bits per heavy atom. The van der Waals surface area contributed by atoms with Gasteiger partial charge in [-0.1, -0.05) is 54.1 Å². The van der Waals surface area contributed by atoms with Gasteiger partial charge in [-0.05, 0) is 41.5 Å². The van der Waals surface area contributed by atoms with Crippen LogP contribution in [-0.2, 0) is 0 Å². The molecule has 0 aliphatic carbocycles. The van der Waals surface area contributed by atoms with Crippen molar-refractivity contribution < 1.29 is 9.47 Å². The van der Waals surface area contributed by atoms with Crippen molar-refractivity contribution in [1.82, 2.24) is 14.8 Å². The number of anilines is 1. The Balaban J connectivity index is 1.62. The summed E-state index contributed by atoms with van der Waals surface area (Å²) in [7, 11) is 1.66. The van der Waals surface area contributed by atoms with Crippen molar-refractivity contribution in [1.29, 1.82) is 0 Å². The Kier molecular flexibility index (Phi) is 4.40. The van der Waals surface area contributed by atoms with Crippen LogP contribution in [0.5, 0.6) is 11.5 Å². The van der Waals surface area contributed by atoms with Crippen LogP contribution in [0.15, 0.2) is 84.7 Å². The van der Waals surface area contributed by atoms with Gasteiger partial charge in [0.1, 0.15) is 30.0 Å². The third kappa shape index (κ3) is 2.95. The number of methoxy groups -OCH3 is 1. The molecule has 0 saturated carbocycles. The van der Waals surface area contributed by atoms with Gasteiger partial charge in [0.25, 0.3) is 0 Å². The molecule has 32 heavy (non-hydrogen) atoms. The van der Waals surface area contributed by atoms with Crippen LogP contribution in [0.25, 0.3) is 5.70 Å². The van der Waals surface area contributed by atoms with Crippen LogP contribution in [-0.4, -0.2) is 21.9 Å². The number of hydrogen-bond acceptors (Lipinski definition) is 5. The number of ether oxygens (including phenoxy) is 2. The highest BCUT2D eigenvalue weighted by Gasteiger charge is 2.40. The molecule has 0 unspecified atom stereocenters. The first-order chi connectivity index (χ1) is 15.7. The van der Waals surface area contributed by atoms with Crippen molar-refractivity contribution >= 4 is 23.2 Å². The van der Waals surface area contributed by atoms with E-state index in [0.717, 1.165) is 39.5 Å². The number of benzene rings is 3. The summed E-state index contributed by atoms with van der Waals surface area (Å²) in [4.78, 5) is 4.46. The molecular weight excluding hydrogens is 424 g/mol. The highest BCUT2D eigenvalue weighted by molar-refractivity contribution is 6.30. The van der Waals surface area contributed by atoms with Crippen LogP contribution in [0, 0.1) is 0 Å². The monoisotopic (exact) mass is 442 g/mol. The first kappa shape index (κ1) is 19.0. The zero-order valence-electron chi connectivity index (χ0n) is 17.2. The van der Waals surface area contributed by atoms with Gasteiger partial charge in [-0.2, -0.15) is 10.1 Å². The maximum Gasteiger partial charge on any atom is 0.226 e. The van der Waals surface area contributed by atoms with E-state index in [0.29, 0.717) is 11.0 Å². The summed E-state index contributed by atoms with van der Waals surface area (Å²) in [6, 6.07) is 23.7. The largest absolute Gasteiger partial charge is 0.497 e. The molecule has 2 atom stereocenters. The van der Waals surface area contributed by atoms with Gasteiger partial charge >= 0.3 is 0 Å². The lowest BCUT2D eigenvalue weighted by atomic mass is 9.84. The van der Waals surface area contributed by atoms with Crippen molar-refractivity contribution in [2.75, 3.05) is 12.4 Å². The van der Waals surface area contributed by atoms with E-state index in [1.54, 1.807) is 13.4 Å². The predicted molar refractivity (Wildman–Crippen MR) is 123 cm³/mol. The molecule has 0 bridgehead atoms. The molecule has 0 spiro atoms. The van der Waals surface area contributed by atoms with Gasteiger partial charge in [-0.25, -0.2) is 4.68 Å². The zero-order valence-corrected chi connectivity index (χ0v) is 18.0. The lowest BCUT2D eigenvalue weighted by Crippen LogP contribution is -2.32. The summed E-state index contributed by atoms with van der Waals surface area (Å²) in [5.74, 6) is 2.24. The predicted octanol–water partition coefficient (Wildman–Crippen LogP) is 5.50. The number of rotatable bonds is 3. The molecule has 0 saturated heterocycles. The van der Waals surface area contributed by atoms with E-state index < -0.39 is 0 Å². The summed E-state index contributed by atoms with van der Waals surface area (Å²) >= 11 is 6.37. The molecule has 7 heteroatoms. The molecule has 1 N–H and O–H groups in total.